The molecule has 0 amide bonds. The minimum atomic E-state index is 0.911. The summed E-state index contributed by atoms with van der Waals surface area (Å²) in [5, 5.41) is 11.0. The minimum absolute atomic E-state index is 0.911. The van der Waals surface area contributed by atoms with Gasteiger partial charge in [-0.2, -0.15) is 0 Å². The molecule has 0 spiro atoms. The largest absolute Gasteiger partial charge is 0.309 e. The Hall–Kier alpha value is -6.00. The zero-order valence-corrected chi connectivity index (χ0v) is 23.6. The van der Waals surface area contributed by atoms with Gasteiger partial charge in [0.15, 0.2) is 0 Å². The molecule has 0 aliphatic rings. The van der Waals surface area contributed by atoms with Gasteiger partial charge in [-0.25, -0.2) is 4.98 Å². The number of hydrogen-bond acceptors (Lipinski definition) is 2. The molecule has 0 radical (unpaired) electrons. The molecule has 0 unspecified atom stereocenters. The molecule has 0 bridgehead atoms. The van der Waals surface area contributed by atoms with Gasteiger partial charge in [0.2, 0.25) is 0 Å². The van der Waals surface area contributed by atoms with Gasteiger partial charge in [-0.05, 0) is 70.8 Å². The van der Waals surface area contributed by atoms with Crippen LogP contribution >= 0.6 is 0 Å². The molecular weight excluding hydrogens is 536 g/mol. The van der Waals surface area contributed by atoms with Gasteiger partial charge in [0.25, 0.3) is 0 Å². The number of para-hydroxylation sites is 2. The second-order valence-corrected chi connectivity index (χ2v) is 11.5. The van der Waals surface area contributed by atoms with Crippen molar-refractivity contribution in [1.29, 1.82) is 0 Å². The average Bonchev–Trinajstić information content (AvgIpc) is 3.60. The maximum Gasteiger partial charge on any atom is 0.137 e. The van der Waals surface area contributed by atoms with E-state index in [0.717, 1.165) is 28.1 Å². The van der Waals surface area contributed by atoms with Crippen molar-refractivity contribution in [2.75, 3.05) is 0 Å². The van der Waals surface area contributed by atoms with Gasteiger partial charge in [0, 0.05) is 50.4 Å². The van der Waals surface area contributed by atoms with Gasteiger partial charge in [-0.3, -0.25) is 9.55 Å². The predicted molar refractivity (Wildman–Crippen MR) is 183 cm³/mol. The van der Waals surface area contributed by atoms with Crippen molar-refractivity contribution in [1.82, 2.24) is 19.1 Å². The maximum atomic E-state index is 4.91. The van der Waals surface area contributed by atoms with E-state index in [0.29, 0.717) is 0 Å². The first-order valence-corrected chi connectivity index (χ1v) is 14.9. The SMILES string of the molecule is c1ccc(-n2c3ccccc3c3ccc(-n4c5ccccc5c5cc6c7ccccc7c7cccnc7c6cc54)cc32)nc1. The second kappa shape index (κ2) is 8.76. The molecular formula is C40H24N4. The smallest absolute Gasteiger partial charge is 0.137 e. The van der Waals surface area contributed by atoms with Crippen LogP contribution in [0.15, 0.2) is 146 Å². The molecule has 6 aromatic carbocycles. The van der Waals surface area contributed by atoms with Crippen molar-refractivity contribution in [3.63, 3.8) is 0 Å². The molecule has 204 valence electrons. The lowest BCUT2D eigenvalue weighted by Gasteiger charge is -2.12. The Morgan fingerprint density at radius 1 is 0.341 bits per heavy atom. The number of nitrogens with zero attached hydrogens (tertiary/aromatic N) is 4. The summed E-state index contributed by atoms with van der Waals surface area (Å²) in [6.07, 6.45) is 3.76. The Labute approximate surface area is 252 Å². The van der Waals surface area contributed by atoms with E-state index in [9.17, 15) is 0 Å². The molecule has 0 atom stereocenters. The molecule has 0 aliphatic carbocycles. The van der Waals surface area contributed by atoms with Crippen molar-refractivity contribution in [2.45, 2.75) is 0 Å². The van der Waals surface area contributed by atoms with Crippen LogP contribution in [-0.4, -0.2) is 19.1 Å². The number of hydrogen-bond donors (Lipinski definition) is 0. The molecule has 4 aromatic heterocycles. The fraction of sp³-hybridized carbons (Fsp3) is 0. The summed E-state index contributed by atoms with van der Waals surface area (Å²) in [5.74, 6) is 0.911. The molecule has 0 N–H and O–H groups in total. The first-order valence-electron chi connectivity index (χ1n) is 14.9. The number of aromatic nitrogens is 4. The Kier molecular flexibility index (Phi) is 4.69. The van der Waals surface area contributed by atoms with Crippen LogP contribution in [0.5, 0.6) is 0 Å². The zero-order chi connectivity index (χ0) is 28.8. The van der Waals surface area contributed by atoms with Crippen LogP contribution < -0.4 is 0 Å². The van der Waals surface area contributed by atoms with E-state index >= 15 is 0 Å². The summed E-state index contributed by atoms with van der Waals surface area (Å²) in [6.45, 7) is 0. The highest BCUT2D eigenvalue weighted by atomic mass is 15.1. The molecule has 4 heterocycles. The molecule has 0 saturated carbocycles. The Bertz CT molecular complexity index is 2770. The highest BCUT2D eigenvalue weighted by molar-refractivity contribution is 6.28. The van der Waals surface area contributed by atoms with Crippen molar-refractivity contribution >= 4 is 76.1 Å². The number of rotatable bonds is 2. The fourth-order valence-corrected chi connectivity index (χ4v) is 7.33. The van der Waals surface area contributed by atoms with Crippen LogP contribution in [0.2, 0.25) is 0 Å². The van der Waals surface area contributed by atoms with Crippen LogP contribution in [0, 0.1) is 0 Å². The first-order chi connectivity index (χ1) is 21.8. The standard InChI is InChI=1S/C40H24N4/c1-2-11-27-26(10-1)31-14-9-21-42-40(31)34-24-38-33(23-32(27)34)29-13-4-5-15-35(29)43(38)25-18-19-30-28-12-3-6-16-36(28)44(37(30)22-25)39-17-7-8-20-41-39/h1-24H. The fourth-order valence-electron chi connectivity index (χ4n) is 7.33. The Morgan fingerprint density at radius 3 is 1.75 bits per heavy atom. The third-order valence-electron chi connectivity index (χ3n) is 9.18. The Morgan fingerprint density at radius 2 is 0.955 bits per heavy atom. The molecule has 10 rings (SSSR count). The lowest BCUT2D eigenvalue weighted by Crippen LogP contribution is -1.98. The Balaban J connectivity index is 1.36. The van der Waals surface area contributed by atoms with Crippen molar-refractivity contribution in [3.05, 3.63) is 146 Å². The van der Waals surface area contributed by atoms with Crippen LogP contribution in [0.25, 0.3) is 87.6 Å². The molecule has 0 saturated heterocycles. The molecule has 0 aliphatic heterocycles. The molecule has 44 heavy (non-hydrogen) atoms. The topological polar surface area (TPSA) is 35.6 Å². The van der Waals surface area contributed by atoms with Crippen molar-refractivity contribution < 1.29 is 0 Å². The van der Waals surface area contributed by atoms with E-state index in [-0.39, 0.29) is 0 Å². The van der Waals surface area contributed by atoms with E-state index in [4.69, 9.17) is 9.97 Å². The third kappa shape index (κ3) is 3.11. The van der Waals surface area contributed by atoms with E-state index in [1.807, 2.05) is 30.6 Å². The van der Waals surface area contributed by atoms with Gasteiger partial charge in [0.05, 0.1) is 27.6 Å². The number of pyridine rings is 2. The van der Waals surface area contributed by atoms with Crippen LogP contribution in [0.3, 0.4) is 0 Å². The monoisotopic (exact) mass is 560 g/mol. The van der Waals surface area contributed by atoms with Crippen molar-refractivity contribution in [2.24, 2.45) is 0 Å². The van der Waals surface area contributed by atoms with Gasteiger partial charge in [-0.15, -0.1) is 0 Å². The van der Waals surface area contributed by atoms with E-state index in [2.05, 4.69) is 124 Å². The van der Waals surface area contributed by atoms with Gasteiger partial charge >= 0.3 is 0 Å². The summed E-state index contributed by atoms with van der Waals surface area (Å²) in [6, 6.07) is 47.9. The molecule has 4 heteroatoms. The average molecular weight is 561 g/mol. The van der Waals surface area contributed by atoms with Crippen LogP contribution in [-0.2, 0) is 0 Å². The third-order valence-corrected chi connectivity index (χ3v) is 9.18. The van der Waals surface area contributed by atoms with Crippen molar-refractivity contribution in [3.8, 4) is 11.5 Å². The quantitative estimate of drug-likeness (QED) is 0.197. The van der Waals surface area contributed by atoms with Gasteiger partial charge in [-0.1, -0.05) is 78.9 Å². The predicted octanol–water partition coefficient (Wildman–Crippen LogP) is 10.1. The summed E-state index contributed by atoms with van der Waals surface area (Å²) >= 11 is 0. The van der Waals surface area contributed by atoms with E-state index < -0.39 is 0 Å². The summed E-state index contributed by atoms with van der Waals surface area (Å²) < 4.78 is 4.69. The first kappa shape index (κ1) is 23.6. The molecule has 10 aromatic rings. The van der Waals surface area contributed by atoms with Gasteiger partial charge in [0.1, 0.15) is 5.82 Å². The summed E-state index contributed by atoms with van der Waals surface area (Å²) in [4.78, 5) is 9.66. The summed E-state index contributed by atoms with van der Waals surface area (Å²) in [7, 11) is 0. The number of benzene rings is 6. The second-order valence-electron chi connectivity index (χ2n) is 11.5. The molecule has 0 fully saturated rings. The van der Waals surface area contributed by atoms with E-state index in [1.54, 1.807) is 0 Å². The normalized spacial score (nSPS) is 12.1. The number of fused-ring (bicyclic) bond motifs is 12. The lowest BCUT2D eigenvalue weighted by atomic mass is 9.95. The highest BCUT2D eigenvalue weighted by Gasteiger charge is 2.19. The summed E-state index contributed by atoms with van der Waals surface area (Å²) in [5.41, 5.74) is 6.77. The minimum Gasteiger partial charge on any atom is -0.309 e. The highest BCUT2D eigenvalue weighted by Crippen LogP contribution is 2.41. The van der Waals surface area contributed by atoms with Crippen LogP contribution in [0.1, 0.15) is 0 Å². The van der Waals surface area contributed by atoms with E-state index in [1.165, 1.54) is 59.5 Å². The lowest BCUT2D eigenvalue weighted by molar-refractivity contribution is 1.08. The zero-order valence-electron chi connectivity index (χ0n) is 23.6. The molecule has 4 nitrogen and oxygen atoms in total. The van der Waals surface area contributed by atoms with Gasteiger partial charge < -0.3 is 4.57 Å². The maximum absolute atomic E-state index is 4.91. The van der Waals surface area contributed by atoms with Crippen LogP contribution in [0.4, 0.5) is 0 Å².